The third kappa shape index (κ3) is 10.3. The van der Waals surface area contributed by atoms with Gasteiger partial charge in [0.25, 0.3) is 0 Å². The lowest BCUT2D eigenvalue weighted by molar-refractivity contribution is -0.152. The van der Waals surface area contributed by atoms with Crippen LogP contribution in [0.2, 0.25) is 0 Å². The molecule has 0 aromatic rings. The zero-order valence-electron chi connectivity index (χ0n) is 17.1. The highest BCUT2D eigenvalue weighted by Gasteiger charge is 2.28. The summed E-state index contributed by atoms with van der Waals surface area (Å²) in [5.74, 6) is -0.736. The summed E-state index contributed by atoms with van der Waals surface area (Å²) in [4.78, 5) is 35.7. The molecule has 0 saturated heterocycles. The van der Waals surface area contributed by atoms with E-state index >= 15 is 0 Å². The second-order valence-corrected chi connectivity index (χ2v) is 7.75. The van der Waals surface area contributed by atoms with E-state index in [0.29, 0.717) is 32.0 Å². The van der Waals surface area contributed by atoms with Crippen molar-refractivity contribution in [2.45, 2.75) is 84.5 Å². The number of hydrogen-bond acceptors (Lipinski definition) is 5. The average Bonchev–Trinajstić information content (AvgIpc) is 2.83. The largest absolute Gasteiger partial charge is 0.465 e. The third-order valence-electron chi connectivity index (χ3n) is 4.96. The van der Waals surface area contributed by atoms with Gasteiger partial charge in [0.05, 0.1) is 19.6 Å². The van der Waals surface area contributed by atoms with Crippen LogP contribution in [0.1, 0.15) is 84.5 Å². The van der Waals surface area contributed by atoms with Crippen molar-refractivity contribution in [2.75, 3.05) is 13.2 Å². The van der Waals surface area contributed by atoms with Crippen molar-refractivity contribution in [1.29, 1.82) is 0 Å². The molecule has 5 nitrogen and oxygen atoms in total. The molecule has 2 unspecified atom stereocenters. The first-order valence-electron chi connectivity index (χ1n) is 10.4. The Morgan fingerprint density at radius 2 is 1.93 bits per heavy atom. The van der Waals surface area contributed by atoms with Gasteiger partial charge in [0.2, 0.25) is 0 Å². The predicted octanol–water partition coefficient (Wildman–Crippen LogP) is 4.78. The quantitative estimate of drug-likeness (QED) is 0.160. The molecule has 1 aliphatic carbocycles. The van der Waals surface area contributed by atoms with E-state index in [0.717, 1.165) is 56.9 Å². The van der Waals surface area contributed by atoms with Gasteiger partial charge in [-0.1, -0.05) is 38.3 Å². The summed E-state index contributed by atoms with van der Waals surface area (Å²) in [5, 5.41) is 0. The molecule has 0 N–H and O–H groups in total. The highest BCUT2D eigenvalue weighted by molar-refractivity contribution is 5.99. The summed E-state index contributed by atoms with van der Waals surface area (Å²) in [5.41, 5.74) is 0.806. The van der Waals surface area contributed by atoms with E-state index in [1.807, 2.05) is 6.92 Å². The number of hydrogen-bond donors (Lipinski definition) is 0. The summed E-state index contributed by atoms with van der Waals surface area (Å²) in [7, 11) is 0. The molecule has 1 aliphatic rings. The molecule has 0 amide bonds. The second-order valence-electron chi connectivity index (χ2n) is 7.75. The number of unbranched alkanes of at least 4 members (excludes halogenated alkanes) is 1. The van der Waals surface area contributed by atoms with E-state index in [9.17, 15) is 14.4 Å². The van der Waals surface area contributed by atoms with Gasteiger partial charge in [-0.05, 0) is 51.4 Å². The minimum Gasteiger partial charge on any atom is -0.465 e. The fraction of sp³-hybridized carbons (Fsp3) is 0.773. The molecule has 0 heterocycles. The molecule has 0 spiro atoms. The smallest absolute Gasteiger partial charge is 0.316 e. The Labute approximate surface area is 163 Å². The maximum absolute atomic E-state index is 12.1. The number of carbonyl (C=O) groups is 3. The van der Waals surface area contributed by atoms with Gasteiger partial charge < -0.3 is 9.47 Å². The van der Waals surface area contributed by atoms with Crippen LogP contribution >= 0.6 is 0 Å². The molecule has 27 heavy (non-hydrogen) atoms. The number of rotatable bonds is 12. The van der Waals surface area contributed by atoms with Crippen LogP contribution in [0.5, 0.6) is 0 Å². The van der Waals surface area contributed by atoms with Gasteiger partial charge in [-0.25, -0.2) is 0 Å². The molecule has 5 heteroatoms. The van der Waals surface area contributed by atoms with Gasteiger partial charge >= 0.3 is 11.9 Å². The van der Waals surface area contributed by atoms with Crippen LogP contribution in [0, 0.1) is 11.8 Å². The van der Waals surface area contributed by atoms with Crippen molar-refractivity contribution in [3.8, 4) is 0 Å². The summed E-state index contributed by atoms with van der Waals surface area (Å²) >= 11 is 0. The summed E-state index contributed by atoms with van der Waals surface area (Å²) in [6.45, 7) is 8.46. The monoisotopic (exact) mass is 380 g/mol. The van der Waals surface area contributed by atoms with E-state index in [-0.39, 0.29) is 24.1 Å². The van der Waals surface area contributed by atoms with Crippen molar-refractivity contribution in [2.24, 2.45) is 11.8 Å². The van der Waals surface area contributed by atoms with Crippen LogP contribution < -0.4 is 0 Å². The standard InChI is InChI=1S/C22H36O5/c1-4-10-18(16-27-21(24)15-17(2)3)11-8-9-14-26-22(25)19-12-6-5-7-13-20(19)23/h18-19H,2,4-16H2,1,3H3. The summed E-state index contributed by atoms with van der Waals surface area (Å²) in [6, 6.07) is 0. The zero-order chi connectivity index (χ0) is 20.1. The highest BCUT2D eigenvalue weighted by atomic mass is 16.5. The van der Waals surface area contributed by atoms with Gasteiger partial charge in [0.1, 0.15) is 11.7 Å². The van der Waals surface area contributed by atoms with Crippen molar-refractivity contribution in [3.63, 3.8) is 0 Å². The average molecular weight is 381 g/mol. The molecule has 2 atom stereocenters. The maximum atomic E-state index is 12.1. The topological polar surface area (TPSA) is 69.7 Å². The molecule has 1 saturated carbocycles. The Morgan fingerprint density at radius 3 is 2.63 bits per heavy atom. The van der Waals surface area contributed by atoms with Crippen molar-refractivity contribution >= 4 is 17.7 Å². The van der Waals surface area contributed by atoms with Gasteiger partial charge in [-0.2, -0.15) is 0 Å². The third-order valence-corrected chi connectivity index (χ3v) is 4.96. The van der Waals surface area contributed by atoms with E-state index in [1.165, 1.54) is 0 Å². The minimum atomic E-state index is -0.548. The fourth-order valence-corrected chi connectivity index (χ4v) is 3.44. The van der Waals surface area contributed by atoms with Gasteiger partial charge in [0.15, 0.2) is 0 Å². The SMILES string of the molecule is C=C(C)CC(=O)OCC(CCC)CCCCOC(=O)C1CCCCCC1=O. The molecule has 154 valence electrons. The van der Waals surface area contributed by atoms with Crippen LogP contribution in [0.4, 0.5) is 0 Å². The number of ketones is 1. The molecule has 0 aromatic heterocycles. The molecule has 1 rings (SSSR count). The van der Waals surface area contributed by atoms with Gasteiger partial charge in [-0.3, -0.25) is 14.4 Å². The van der Waals surface area contributed by atoms with Crippen LogP contribution in [0.3, 0.4) is 0 Å². The normalized spacial score (nSPS) is 18.4. The van der Waals surface area contributed by atoms with Crippen LogP contribution in [-0.2, 0) is 23.9 Å². The van der Waals surface area contributed by atoms with Crippen molar-refractivity contribution in [3.05, 3.63) is 12.2 Å². The number of esters is 2. The predicted molar refractivity (Wildman–Crippen MR) is 105 cm³/mol. The first-order valence-corrected chi connectivity index (χ1v) is 10.4. The maximum Gasteiger partial charge on any atom is 0.316 e. The van der Waals surface area contributed by atoms with E-state index in [1.54, 1.807) is 0 Å². The van der Waals surface area contributed by atoms with E-state index in [4.69, 9.17) is 9.47 Å². The molecule has 0 radical (unpaired) electrons. The van der Waals surface area contributed by atoms with E-state index in [2.05, 4.69) is 13.5 Å². The minimum absolute atomic E-state index is 0.0390. The Kier molecular flexibility index (Phi) is 11.7. The van der Waals surface area contributed by atoms with Crippen LogP contribution in [-0.4, -0.2) is 30.9 Å². The van der Waals surface area contributed by atoms with E-state index < -0.39 is 5.92 Å². The molecule has 1 fully saturated rings. The number of ether oxygens (including phenoxy) is 2. The van der Waals surface area contributed by atoms with Crippen LogP contribution in [0.15, 0.2) is 12.2 Å². The lowest BCUT2D eigenvalue weighted by Crippen LogP contribution is -2.25. The number of Topliss-reactive ketones (excluding diaryl/α,β-unsaturated/α-hetero) is 1. The van der Waals surface area contributed by atoms with Gasteiger partial charge in [0, 0.05) is 6.42 Å². The Balaban J connectivity index is 2.22. The second kappa shape index (κ2) is 13.5. The van der Waals surface area contributed by atoms with Crippen molar-refractivity contribution < 1.29 is 23.9 Å². The first-order chi connectivity index (χ1) is 12.9. The molecule has 0 aliphatic heterocycles. The Morgan fingerprint density at radius 1 is 1.15 bits per heavy atom. The van der Waals surface area contributed by atoms with Crippen LogP contribution in [0.25, 0.3) is 0 Å². The Bertz CT molecular complexity index is 497. The lowest BCUT2D eigenvalue weighted by atomic mass is 9.98. The lowest BCUT2D eigenvalue weighted by Gasteiger charge is -2.17. The molecule has 0 aromatic carbocycles. The summed E-state index contributed by atoms with van der Waals surface area (Å²) in [6.07, 6.45) is 8.91. The summed E-state index contributed by atoms with van der Waals surface area (Å²) < 4.78 is 10.7. The van der Waals surface area contributed by atoms with Gasteiger partial charge in [-0.15, -0.1) is 0 Å². The molecular weight excluding hydrogens is 344 g/mol. The highest BCUT2D eigenvalue weighted by Crippen LogP contribution is 2.21. The van der Waals surface area contributed by atoms with Crippen molar-refractivity contribution in [1.82, 2.24) is 0 Å². The first kappa shape index (κ1) is 23.4. The molecular formula is C22H36O5. The fourth-order valence-electron chi connectivity index (χ4n) is 3.44. The molecule has 0 bridgehead atoms. The number of carbonyl (C=O) groups excluding carboxylic acids is 3. The Hall–Kier alpha value is -1.65. The zero-order valence-corrected chi connectivity index (χ0v) is 17.1.